The molecule has 100 valence electrons. The molecule has 0 N–H and O–H groups in total. The molecule has 1 aromatic carbocycles. The molecule has 0 atom stereocenters. The second-order valence-corrected chi connectivity index (χ2v) is 5.64. The van der Waals surface area contributed by atoms with Gasteiger partial charge in [0.1, 0.15) is 0 Å². The van der Waals surface area contributed by atoms with E-state index in [-0.39, 0.29) is 6.29 Å². The molecule has 0 saturated carbocycles. The lowest BCUT2D eigenvalue weighted by Crippen LogP contribution is -2.26. The third-order valence-electron chi connectivity index (χ3n) is 3.31. The minimum Gasteiger partial charge on any atom is -0.352 e. The highest BCUT2D eigenvalue weighted by Crippen LogP contribution is 2.27. The summed E-state index contributed by atoms with van der Waals surface area (Å²) in [5.74, 6) is 0. The van der Waals surface area contributed by atoms with Gasteiger partial charge in [0.05, 0.1) is 18.7 Å². The Morgan fingerprint density at radius 3 is 2.79 bits per heavy atom. The van der Waals surface area contributed by atoms with Gasteiger partial charge in [0.15, 0.2) is 6.29 Å². The third kappa shape index (κ3) is 2.81. The van der Waals surface area contributed by atoms with Crippen LogP contribution in [-0.2, 0) is 15.9 Å². The average molecular weight is 322 g/mol. The van der Waals surface area contributed by atoms with Crippen LogP contribution < -0.4 is 0 Å². The van der Waals surface area contributed by atoms with Gasteiger partial charge in [0, 0.05) is 22.0 Å². The molecule has 2 heterocycles. The normalized spacial score (nSPS) is 16.9. The van der Waals surface area contributed by atoms with Crippen molar-refractivity contribution < 1.29 is 9.47 Å². The maximum Gasteiger partial charge on any atom is 0.161 e. The zero-order valence-corrected chi connectivity index (χ0v) is 12.4. The van der Waals surface area contributed by atoms with Crippen molar-refractivity contribution in [2.75, 3.05) is 13.2 Å². The van der Waals surface area contributed by atoms with E-state index in [0.717, 1.165) is 47.1 Å². The number of aromatic nitrogens is 1. The highest BCUT2D eigenvalue weighted by molar-refractivity contribution is 9.10. The van der Waals surface area contributed by atoms with Gasteiger partial charge in [0.2, 0.25) is 0 Å². The van der Waals surface area contributed by atoms with E-state index in [2.05, 4.69) is 39.1 Å². The Morgan fingerprint density at radius 1 is 1.21 bits per heavy atom. The van der Waals surface area contributed by atoms with Crippen molar-refractivity contribution >= 4 is 26.8 Å². The summed E-state index contributed by atoms with van der Waals surface area (Å²) in [4.78, 5) is 4.66. The van der Waals surface area contributed by atoms with E-state index in [9.17, 15) is 0 Å². The first-order valence-corrected chi connectivity index (χ1v) is 7.31. The average Bonchev–Trinajstić information content (AvgIpc) is 2.43. The van der Waals surface area contributed by atoms with Gasteiger partial charge in [-0.2, -0.15) is 0 Å². The standard InChI is InChI=1S/C15H16BrNO2/c1-10-3-5-12-13(16)6-4-11(15(12)17-10)9-14-18-7-2-8-19-14/h3-6,14H,2,7-9H2,1H3. The molecular weight excluding hydrogens is 306 g/mol. The monoisotopic (exact) mass is 321 g/mol. The molecule has 0 aliphatic carbocycles. The van der Waals surface area contributed by atoms with E-state index in [4.69, 9.17) is 9.47 Å². The van der Waals surface area contributed by atoms with Crippen molar-refractivity contribution in [1.29, 1.82) is 0 Å². The van der Waals surface area contributed by atoms with Crippen LogP contribution in [0.1, 0.15) is 17.7 Å². The lowest BCUT2D eigenvalue weighted by atomic mass is 10.1. The van der Waals surface area contributed by atoms with Crippen LogP contribution in [0.25, 0.3) is 10.9 Å². The first-order valence-electron chi connectivity index (χ1n) is 6.52. The summed E-state index contributed by atoms with van der Waals surface area (Å²) in [7, 11) is 0. The van der Waals surface area contributed by atoms with Gasteiger partial charge in [-0.25, -0.2) is 0 Å². The van der Waals surface area contributed by atoms with Crippen LogP contribution in [0.3, 0.4) is 0 Å². The van der Waals surface area contributed by atoms with Crippen molar-refractivity contribution in [2.45, 2.75) is 26.1 Å². The highest BCUT2D eigenvalue weighted by Gasteiger charge is 2.17. The lowest BCUT2D eigenvalue weighted by Gasteiger charge is -2.23. The first kappa shape index (κ1) is 13.0. The maximum atomic E-state index is 5.63. The zero-order valence-electron chi connectivity index (χ0n) is 10.9. The van der Waals surface area contributed by atoms with Gasteiger partial charge in [-0.3, -0.25) is 4.98 Å². The van der Waals surface area contributed by atoms with Crippen LogP contribution in [0.2, 0.25) is 0 Å². The summed E-state index contributed by atoms with van der Waals surface area (Å²) in [5.41, 5.74) is 3.23. The molecule has 1 aliphatic heterocycles. The molecule has 3 rings (SSSR count). The molecule has 0 spiro atoms. The molecule has 0 radical (unpaired) electrons. The van der Waals surface area contributed by atoms with Crippen LogP contribution in [0.4, 0.5) is 0 Å². The quantitative estimate of drug-likeness (QED) is 0.846. The Labute approximate surface area is 121 Å². The predicted octanol–water partition coefficient (Wildman–Crippen LogP) is 3.61. The number of rotatable bonds is 2. The smallest absolute Gasteiger partial charge is 0.161 e. The predicted molar refractivity (Wildman–Crippen MR) is 78.2 cm³/mol. The molecule has 1 fully saturated rings. The molecule has 1 saturated heterocycles. The molecule has 0 unspecified atom stereocenters. The SMILES string of the molecule is Cc1ccc2c(Br)ccc(CC3OCCCO3)c2n1. The van der Waals surface area contributed by atoms with E-state index in [1.54, 1.807) is 0 Å². The van der Waals surface area contributed by atoms with Gasteiger partial charge in [-0.15, -0.1) is 0 Å². The Kier molecular flexibility index (Phi) is 3.82. The third-order valence-corrected chi connectivity index (χ3v) is 4.00. The van der Waals surface area contributed by atoms with Crippen molar-refractivity contribution in [3.8, 4) is 0 Å². The Bertz CT molecular complexity index is 594. The molecule has 3 nitrogen and oxygen atoms in total. The molecule has 1 aromatic heterocycles. The number of fused-ring (bicyclic) bond motifs is 1. The molecule has 4 heteroatoms. The lowest BCUT2D eigenvalue weighted by molar-refractivity contribution is -0.176. The van der Waals surface area contributed by atoms with Crippen LogP contribution in [-0.4, -0.2) is 24.5 Å². The summed E-state index contributed by atoms with van der Waals surface area (Å²) in [6, 6.07) is 8.30. The van der Waals surface area contributed by atoms with Crippen molar-refractivity contribution in [3.63, 3.8) is 0 Å². The molecule has 0 amide bonds. The van der Waals surface area contributed by atoms with E-state index < -0.39 is 0 Å². The summed E-state index contributed by atoms with van der Waals surface area (Å²) in [5, 5.41) is 1.14. The van der Waals surface area contributed by atoms with E-state index in [1.165, 1.54) is 5.56 Å². The zero-order chi connectivity index (χ0) is 13.2. The topological polar surface area (TPSA) is 31.4 Å². The fourth-order valence-corrected chi connectivity index (χ4v) is 2.79. The summed E-state index contributed by atoms with van der Waals surface area (Å²) in [6.07, 6.45) is 1.59. The second-order valence-electron chi connectivity index (χ2n) is 4.78. The van der Waals surface area contributed by atoms with Gasteiger partial charge in [-0.05, 0) is 37.1 Å². The minimum atomic E-state index is -0.138. The fourth-order valence-electron chi connectivity index (χ4n) is 2.34. The van der Waals surface area contributed by atoms with Crippen molar-refractivity contribution in [1.82, 2.24) is 4.98 Å². The number of ether oxygens (including phenoxy) is 2. The van der Waals surface area contributed by atoms with Crippen LogP contribution in [0, 0.1) is 6.92 Å². The fraction of sp³-hybridized carbons (Fsp3) is 0.400. The van der Waals surface area contributed by atoms with Gasteiger partial charge >= 0.3 is 0 Å². The van der Waals surface area contributed by atoms with E-state index in [1.807, 2.05) is 13.0 Å². The van der Waals surface area contributed by atoms with Gasteiger partial charge in [0.25, 0.3) is 0 Å². The number of nitrogens with zero attached hydrogens (tertiary/aromatic N) is 1. The second kappa shape index (κ2) is 5.57. The summed E-state index contributed by atoms with van der Waals surface area (Å²) in [6.45, 7) is 3.58. The molecule has 1 aliphatic rings. The van der Waals surface area contributed by atoms with Crippen molar-refractivity contribution in [3.05, 3.63) is 40.0 Å². The minimum absolute atomic E-state index is 0.138. The number of hydrogen-bond acceptors (Lipinski definition) is 3. The van der Waals surface area contributed by atoms with Crippen LogP contribution in [0.5, 0.6) is 0 Å². The number of pyridine rings is 1. The van der Waals surface area contributed by atoms with Gasteiger partial charge in [-0.1, -0.05) is 22.0 Å². The molecular formula is C15H16BrNO2. The number of hydrogen-bond donors (Lipinski definition) is 0. The molecule has 19 heavy (non-hydrogen) atoms. The highest BCUT2D eigenvalue weighted by atomic mass is 79.9. The Hall–Kier alpha value is -0.970. The van der Waals surface area contributed by atoms with Crippen molar-refractivity contribution in [2.24, 2.45) is 0 Å². The molecule has 0 bridgehead atoms. The van der Waals surface area contributed by atoms with Crippen LogP contribution >= 0.6 is 15.9 Å². The Morgan fingerprint density at radius 2 is 2.00 bits per heavy atom. The van der Waals surface area contributed by atoms with E-state index in [0.29, 0.717) is 0 Å². The number of halogens is 1. The molecule has 2 aromatic rings. The van der Waals surface area contributed by atoms with E-state index >= 15 is 0 Å². The first-order chi connectivity index (χ1) is 9.24. The number of benzene rings is 1. The number of aryl methyl sites for hydroxylation is 1. The summed E-state index contributed by atoms with van der Waals surface area (Å²) >= 11 is 3.58. The van der Waals surface area contributed by atoms with Crippen LogP contribution in [0.15, 0.2) is 28.7 Å². The maximum absolute atomic E-state index is 5.63. The summed E-state index contributed by atoms with van der Waals surface area (Å²) < 4.78 is 12.3. The largest absolute Gasteiger partial charge is 0.352 e. The Balaban J connectivity index is 1.98. The van der Waals surface area contributed by atoms with Gasteiger partial charge < -0.3 is 9.47 Å².